The molecule has 0 atom stereocenters. The highest BCUT2D eigenvalue weighted by Gasteiger charge is 2.17. The van der Waals surface area contributed by atoms with Crippen LogP contribution >= 0.6 is 22.6 Å². The zero-order chi connectivity index (χ0) is 11.1. The third kappa shape index (κ3) is 4.11. The molecule has 1 nitrogen and oxygen atoms in total. The molecule has 0 bridgehead atoms. The predicted octanol–water partition coefficient (Wildman–Crippen LogP) is 3.55. The van der Waals surface area contributed by atoms with Crippen LogP contribution in [0.1, 0.15) is 24.3 Å². The van der Waals surface area contributed by atoms with Crippen molar-refractivity contribution in [3.05, 3.63) is 35.9 Å². The standard InChI is InChI=1S/C12H17N.CH3I/c1-13-9-7-12(8-10-13)11-5-3-2-4-6-11;1-2/h2-6,12H,7-10H2,1H3;1H3. The lowest BCUT2D eigenvalue weighted by Gasteiger charge is -2.29. The van der Waals surface area contributed by atoms with Crippen molar-refractivity contribution in [2.45, 2.75) is 18.8 Å². The summed E-state index contributed by atoms with van der Waals surface area (Å²) in [5, 5.41) is 0. The van der Waals surface area contributed by atoms with Gasteiger partial charge in [0.25, 0.3) is 0 Å². The summed E-state index contributed by atoms with van der Waals surface area (Å²) in [5.41, 5.74) is 1.52. The Balaban J connectivity index is 0.000000531. The molecular formula is C13H20IN. The lowest BCUT2D eigenvalue weighted by molar-refractivity contribution is 0.255. The Bertz CT molecular complexity index is 252. The molecule has 15 heavy (non-hydrogen) atoms. The molecule has 0 saturated carbocycles. The Hall–Kier alpha value is -0.0900. The Morgan fingerprint density at radius 3 is 2.13 bits per heavy atom. The van der Waals surface area contributed by atoms with Crippen molar-refractivity contribution in [3.8, 4) is 0 Å². The van der Waals surface area contributed by atoms with Gasteiger partial charge in [-0.1, -0.05) is 52.9 Å². The summed E-state index contributed by atoms with van der Waals surface area (Å²) in [6.45, 7) is 2.50. The third-order valence-electron chi connectivity index (χ3n) is 2.99. The van der Waals surface area contributed by atoms with Crippen molar-refractivity contribution in [1.82, 2.24) is 4.90 Å². The molecule has 1 aliphatic rings. The summed E-state index contributed by atoms with van der Waals surface area (Å²) >= 11 is 2.15. The van der Waals surface area contributed by atoms with Crippen LogP contribution in [0, 0.1) is 0 Å². The lowest BCUT2D eigenvalue weighted by atomic mass is 9.90. The minimum absolute atomic E-state index is 0.803. The molecule has 2 heteroatoms. The predicted molar refractivity (Wildman–Crippen MR) is 75.9 cm³/mol. The number of alkyl halides is 1. The van der Waals surface area contributed by atoms with Crippen LogP contribution in [0.5, 0.6) is 0 Å². The first-order chi connectivity index (χ1) is 7.36. The maximum atomic E-state index is 2.42. The normalized spacial score (nSPS) is 18.1. The van der Waals surface area contributed by atoms with Crippen molar-refractivity contribution in [2.75, 3.05) is 25.1 Å². The Labute approximate surface area is 107 Å². The molecule has 0 spiro atoms. The van der Waals surface area contributed by atoms with Gasteiger partial charge in [0.05, 0.1) is 0 Å². The van der Waals surface area contributed by atoms with Crippen LogP contribution < -0.4 is 0 Å². The van der Waals surface area contributed by atoms with Crippen molar-refractivity contribution < 1.29 is 0 Å². The van der Waals surface area contributed by atoms with E-state index in [1.807, 2.05) is 4.93 Å². The fraction of sp³-hybridized carbons (Fsp3) is 0.538. The highest BCUT2D eigenvalue weighted by Crippen LogP contribution is 2.26. The van der Waals surface area contributed by atoms with Crippen molar-refractivity contribution in [1.29, 1.82) is 0 Å². The zero-order valence-corrected chi connectivity index (χ0v) is 11.8. The minimum Gasteiger partial charge on any atom is -0.306 e. The molecule has 0 amide bonds. The number of piperidine rings is 1. The van der Waals surface area contributed by atoms with Crippen LogP contribution in [0.3, 0.4) is 0 Å². The van der Waals surface area contributed by atoms with E-state index in [0.29, 0.717) is 0 Å². The summed E-state index contributed by atoms with van der Waals surface area (Å²) in [6, 6.07) is 10.9. The van der Waals surface area contributed by atoms with E-state index >= 15 is 0 Å². The summed E-state index contributed by atoms with van der Waals surface area (Å²) in [7, 11) is 2.21. The average molecular weight is 317 g/mol. The zero-order valence-electron chi connectivity index (χ0n) is 9.62. The van der Waals surface area contributed by atoms with E-state index in [1.54, 1.807) is 0 Å². The van der Waals surface area contributed by atoms with Crippen LogP contribution in [0.15, 0.2) is 30.3 Å². The summed E-state index contributed by atoms with van der Waals surface area (Å²) in [4.78, 5) is 4.39. The monoisotopic (exact) mass is 317 g/mol. The number of hydrogen-bond acceptors (Lipinski definition) is 1. The second-order valence-corrected chi connectivity index (χ2v) is 3.99. The minimum atomic E-state index is 0.803. The molecule has 84 valence electrons. The van der Waals surface area contributed by atoms with Crippen LogP contribution in [-0.4, -0.2) is 30.0 Å². The van der Waals surface area contributed by atoms with Gasteiger partial charge in [-0.05, 0) is 49.4 Å². The highest BCUT2D eigenvalue weighted by molar-refractivity contribution is 14.1. The van der Waals surface area contributed by atoms with E-state index in [4.69, 9.17) is 0 Å². The molecule has 0 aliphatic carbocycles. The third-order valence-corrected chi connectivity index (χ3v) is 2.99. The number of benzene rings is 1. The van der Waals surface area contributed by atoms with E-state index in [-0.39, 0.29) is 0 Å². The topological polar surface area (TPSA) is 3.24 Å². The van der Waals surface area contributed by atoms with E-state index < -0.39 is 0 Å². The molecular weight excluding hydrogens is 297 g/mol. The largest absolute Gasteiger partial charge is 0.306 e. The molecule has 0 unspecified atom stereocenters. The number of likely N-dealkylation sites (tertiary alicyclic amines) is 1. The van der Waals surface area contributed by atoms with Gasteiger partial charge < -0.3 is 4.90 Å². The first-order valence-corrected chi connectivity index (χ1v) is 7.63. The van der Waals surface area contributed by atoms with Gasteiger partial charge in [0.15, 0.2) is 0 Å². The molecule has 1 fully saturated rings. The van der Waals surface area contributed by atoms with Crippen molar-refractivity contribution in [2.24, 2.45) is 0 Å². The molecule has 0 radical (unpaired) electrons. The van der Waals surface area contributed by atoms with Crippen LogP contribution in [0.4, 0.5) is 0 Å². The quantitative estimate of drug-likeness (QED) is 0.566. The van der Waals surface area contributed by atoms with Gasteiger partial charge in [-0.15, -0.1) is 0 Å². The summed E-state index contributed by atoms with van der Waals surface area (Å²) < 4.78 is 0. The maximum Gasteiger partial charge on any atom is -0.00159 e. The fourth-order valence-electron chi connectivity index (χ4n) is 2.07. The Morgan fingerprint density at radius 1 is 1.07 bits per heavy atom. The van der Waals surface area contributed by atoms with Crippen molar-refractivity contribution in [3.63, 3.8) is 0 Å². The highest BCUT2D eigenvalue weighted by atomic mass is 127. The van der Waals surface area contributed by atoms with Gasteiger partial charge in [0.1, 0.15) is 0 Å². The van der Waals surface area contributed by atoms with Gasteiger partial charge in [-0.25, -0.2) is 0 Å². The molecule has 1 heterocycles. The van der Waals surface area contributed by atoms with Gasteiger partial charge in [0, 0.05) is 0 Å². The van der Waals surface area contributed by atoms with Crippen LogP contribution in [0.25, 0.3) is 0 Å². The van der Waals surface area contributed by atoms with Crippen molar-refractivity contribution >= 4 is 22.6 Å². The van der Waals surface area contributed by atoms with Gasteiger partial charge in [-0.2, -0.15) is 0 Å². The first kappa shape index (κ1) is 13.0. The Morgan fingerprint density at radius 2 is 1.60 bits per heavy atom. The lowest BCUT2D eigenvalue weighted by Crippen LogP contribution is -2.29. The smallest absolute Gasteiger partial charge is 0.00159 e. The maximum absolute atomic E-state index is 2.42. The summed E-state index contributed by atoms with van der Waals surface area (Å²) in [6.07, 6.45) is 2.64. The van der Waals surface area contributed by atoms with E-state index in [2.05, 4.69) is 64.9 Å². The molecule has 1 aliphatic heterocycles. The number of hydrogen-bond donors (Lipinski definition) is 0. The second-order valence-electron chi connectivity index (χ2n) is 3.99. The molecule has 0 aromatic heterocycles. The fourth-order valence-corrected chi connectivity index (χ4v) is 2.07. The Kier molecular flexibility index (Phi) is 6.25. The number of rotatable bonds is 1. The van der Waals surface area contributed by atoms with Crippen LogP contribution in [0.2, 0.25) is 0 Å². The van der Waals surface area contributed by atoms with E-state index in [9.17, 15) is 0 Å². The van der Waals surface area contributed by atoms with Gasteiger partial charge >= 0.3 is 0 Å². The average Bonchev–Trinajstić information content (AvgIpc) is 2.34. The number of halogens is 1. The van der Waals surface area contributed by atoms with Gasteiger partial charge in [-0.3, -0.25) is 0 Å². The molecule has 1 saturated heterocycles. The van der Waals surface area contributed by atoms with E-state index in [1.165, 1.54) is 31.5 Å². The molecule has 1 aromatic carbocycles. The van der Waals surface area contributed by atoms with Gasteiger partial charge in [0.2, 0.25) is 0 Å². The molecule has 0 N–H and O–H groups in total. The van der Waals surface area contributed by atoms with Crippen LogP contribution in [-0.2, 0) is 0 Å². The van der Waals surface area contributed by atoms with E-state index in [0.717, 1.165) is 5.92 Å². The SMILES string of the molecule is CI.CN1CCC(c2ccccc2)CC1. The summed E-state index contributed by atoms with van der Waals surface area (Å²) in [5.74, 6) is 0.803. The molecule has 1 aromatic rings. The number of nitrogens with zero attached hydrogens (tertiary/aromatic N) is 1. The molecule has 2 rings (SSSR count). The first-order valence-electron chi connectivity index (χ1n) is 5.47. The second kappa shape index (κ2) is 7.23.